The summed E-state index contributed by atoms with van der Waals surface area (Å²) in [4.78, 5) is 12.2. The Hall–Kier alpha value is -1.22. The maximum absolute atomic E-state index is 13.1. The molecule has 3 heteroatoms. The molecular formula is C14H18FNO. The van der Waals surface area contributed by atoms with Gasteiger partial charge in [0.25, 0.3) is 0 Å². The van der Waals surface area contributed by atoms with Crippen molar-refractivity contribution in [1.82, 2.24) is 0 Å². The average Bonchev–Trinajstić information content (AvgIpc) is 2.72. The van der Waals surface area contributed by atoms with Gasteiger partial charge >= 0.3 is 0 Å². The van der Waals surface area contributed by atoms with Gasteiger partial charge < -0.3 is 5.73 Å². The summed E-state index contributed by atoms with van der Waals surface area (Å²) in [7, 11) is 0. The summed E-state index contributed by atoms with van der Waals surface area (Å²) in [5.41, 5.74) is 7.13. The van der Waals surface area contributed by atoms with Gasteiger partial charge in [-0.05, 0) is 43.0 Å². The van der Waals surface area contributed by atoms with Crippen LogP contribution in [0, 0.1) is 12.7 Å². The summed E-state index contributed by atoms with van der Waals surface area (Å²) < 4.78 is 13.1. The molecule has 2 rings (SSSR count). The Labute approximate surface area is 101 Å². The Morgan fingerprint density at radius 3 is 2.71 bits per heavy atom. The number of carbonyl (C=O) groups excluding carboxylic acids is 1. The number of benzene rings is 1. The molecule has 0 unspecified atom stereocenters. The molecule has 2 nitrogen and oxygen atoms in total. The second kappa shape index (κ2) is 4.57. The third kappa shape index (κ3) is 2.55. The quantitative estimate of drug-likeness (QED) is 0.874. The van der Waals surface area contributed by atoms with Crippen molar-refractivity contribution in [3.8, 4) is 0 Å². The second-order valence-corrected chi connectivity index (χ2v) is 5.03. The largest absolute Gasteiger partial charge is 0.319 e. The molecule has 0 bridgehead atoms. The van der Waals surface area contributed by atoms with E-state index in [4.69, 9.17) is 5.73 Å². The smallest absolute Gasteiger partial charge is 0.157 e. The number of nitrogens with two attached hydrogens (primary N) is 1. The molecule has 17 heavy (non-hydrogen) atoms. The van der Waals surface area contributed by atoms with Crippen LogP contribution in [-0.4, -0.2) is 11.3 Å². The summed E-state index contributed by atoms with van der Waals surface area (Å²) >= 11 is 0. The van der Waals surface area contributed by atoms with Gasteiger partial charge in [-0.3, -0.25) is 4.79 Å². The lowest BCUT2D eigenvalue weighted by molar-refractivity contribution is -0.123. The molecule has 1 fully saturated rings. The van der Waals surface area contributed by atoms with Crippen LogP contribution in [0.5, 0.6) is 0 Å². The Balaban J connectivity index is 2.15. The van der Waals surface area contributed by atoms with Crippen LogP contribution in [0.25, 0.3) is 0 Å². The molecule has 0 spiro atoms. The highest BCUT2D eigenvalue weighted by molar-refractivity contribution is 5.90. The van der Waals surface area contributed by atoms with E-state index in [2.05, 4.69) is 0 Å². The second-order valence-electron chi connectivity index (χ2n) is 5.03. The third-order valence-electron chi connectivity index (χ3n) is 3.71. The maximum Gasteiger partial charge on any atom is 0.157 e. The summed E-state index contributed by atoms with van der Waals surface area (Å²) in [6, 6.07) is 4.55. The van der Waals surface area contributed by atoms with E-state index in [-0.39, 0.29) is 18.0 Å². The van der Waals surface area contributed by atoms with Crippen LogP contribution in [0.2, 0.25) is 0 Å². The summed E-state index contributed by atoms with van der Waals surface area (Å²) in [6.45, 7) is 1.89. The van der Waals surface area contributed by atoms with Crippen LogP contribution in [-0.2, 0) is 11.2 Å². The molecule has 0 saturated heterocycles. The minimum absolute atomic E-state index is 0.0451. The first-order valence-electron chi connectivity index (χ1n) is 6.08. The van der Waals surface area contributed by atoms with Crippen molar-refractivity contribution in [1.29, 1.82) is 0 Å². The van der Waals surface area contributed by atoms with Crippen molar-refractivity contribution in [3.05, 3.63) is 35.1 Å². The fraction of sp³-hybridized carbons (Fsp3) is 0.500. The van der Waals surface area contributed by atoms with E-state index >= 15 is 0 Å². The van der Waals surface area contributed by atoms with Crippen LogP contribution in [0.3, 0.4) is 0 Å². The molecule has 1 saturated carbocycles. The minimum Gasteiger partial charge on any atom is -0.319 e. The van der Waals surface area contributed by atoms with Gasteiger partial charge in [0.15, 0.2) is 5.78 Å². The minimum atomic E-state index is -0.668. The summed E-state index contributed by atoms with van der Waals surface area (Å²) in [5, 5.41) is 0. The first-order chi connectivity index (χ1) is 8.01. The van der Waals surface area contributed by atoms with Crippen molar-refractivity contribution in [2.75, 3.05) is 0 Å². The highest BCUT2D eigenvalue weighted by Crippen LogP contribution is 2.29. The van der Waals surface area contributed by atoms with Gasteiger partial charge in [0.05, 0.1) is 5.54 Å². The lowest BCUT2D eigenvalue weighted by Gasteiger charge is -2.22. The third-order valence-corrected chi connectivity index (χ3v) is 3.71. The highest BCUT2D eigenvalue weighted by Gasteiger charge is 2.36. The van der Waals surface area contributed by atoms with Crippen LogP contribution in [0.4, 0.5) is 4.39 Å². The van der Waals surface area contributed by atoms with Crippen molar-refractivity contribution in [3.63, 3.8) is 0 Å². The molecule has 1 aliphatic rings. The van der Waals surface area contributed by atoms with Gasteiger partial charge in [0, 0.05) is 6.42 Å². The first-order valence-corrected chi connectivity index (χ1v) is 6.08. The van der Waals surface area contributed by atoms with Gasteiger partial charge in [-0.1, -0.05) is 18.9 Å². The molecule has 1 aromatic rings. The SMILES string of the molecule is Cc1ccc(F)cc1CC(=O)C1(N)CCCC1. The van der Waals surface area contributed by atoms with E-state index in [9.17, 15) is 9.18 Å². The number of Topliss-reactive ketones (excluding diaryl/α,β-unsaturated/α-hetero) is 1. The monoisotopic (exact) mass is 235 g/mol. The Morgan fingerprint density at radius 2 is 2.06 bits per heavy atom. The predicted molar refractivity (Wildman–Crippen MR) is 65.2 cm³/mol. The van der Waals surface area contributed by atoms with Gasteiger partial charge in [-0.2, -0.15) is 0 Å². The maximum atomic E-state index is 13.1. The fourth-order valence-corrected chi connectivity index (χ4v) is 2.46. The van der Waals surface area contributed by atoms with Crippen molar-refractivity contribution < 1.29 is 9.18 Å². The first kappa shape index (κ1) is 12.2. The van der Waals surface area contributed by atoms with Gasteiger partial charge in [-0.15, -0.1) is 0 Å². The molecule has 0 radical (unpaired) electrons. The van der Waals surface area contributed by atoms with Crippen LogP contribution in [0.1, 0.15) is 36.8 Å². The van der Waals surface area contributed by atoms with E-state index in [0.29, 0.717) is 0 Å². The number of halogens is 1. The number of ketones is 1. The summed E-state index contributed by atoms with van der Waals surface area (Å²) in [6.07, 6.45) is 3.81. The Kier molecular flexibility index (Phi) is 3.29. The van der Waals surface area contributed by atoms with Crippen LogP contribution < -0.4 is 5.73 Å². The zero-order valence-electron chi connectivity index (χ0n) is 10.1. The van der Waals surface area contributed by atoms with Crippen LogP contribution in [0.15, 0.2) is 18.2 Å². The fourth-order valence-electron chi connectivity index (χ4n) is 2.46. The highest BCUT2D eigenvalue weighted by atomic mass is 19.1. The van der Waals surface area contributed by atoms with Gasteiger partial charge in [0.2, 0.25) is 0 Å². The summed E-state index contributed by atoms with van der Waals surface area (Å²) in [5.74, 6) is -0.250. The topological polar surface area (TPSA) is 43.1 Å². The lowest BCUT2D eigenvalue weighted by Crippen LogP contribution is -2.46. The van der Waals surface area contributed by atoms with Crippen LogP contribution >= 0.6 is 0 Å². The predicted octanol–water partition coefficient (Wildman–Crippen LogP) is 2.52. The molecule has 1 aliphatic carbocycles. The number of hydrogen-bond acceptors (Lipinski definition) is 2. The van der Waals surface area contributed by atoms with Crippen molar-refractivity contribution >= 4 is 5.78 Å². The molecule has 0 aliphatic heterocycles. The number of hydrogen-bond donors (Lipinski definition) is 1. The molecule has 2 N–H and O–H groups in total. The normalized spacial score (nSPS) is 18.3. The number of rotatable bonds is 3. The molecule has 0 amide bonds. The molecule has 1 aromatic carbocycles. The van der Waals surface area contributed by atoms with E-state index in [1.165, 1.54) is 12.1 Å². The van der Waals surface area contributed by atoms with E-state index in [1.54, 1.807) is 6.07 Å². The standard InChI is InChI=1S/C14H18FNO/c1-10-4-5-12(15)8-11(10)9-13(17)14(16)6-2-3-7-14/h4-5,8H,2-3,6-7,9,16H2,1H3. The number of carbonyl (C=O) groups is 1. The lowest BCUT2D eigenvalue weighted by atomic mass is 9.88. The van der Waals surface area contributed by atoms with Crippen molar-refractivity contribution in [2.24, 2.45) is 5.73 Å². The van der Waals surface area contributed by atoms with E-state index in [0.717, 1.165) is 36.8 Å². The molecule has 0 atom stereocenters. The molecule has 92 valence electrons. The zero-order chi connectivity index (χ0) is 12.5. The Bertz CT molecular complexity index is 436. The average molecular weight is 235 g/mol. The Morgan fingerprint density at radius 1 is 1.41 bits per heavy atom. The van der Waals surface area contributed by atoms with Crippen molar-refractivity contribution in [2.45, 2.75) is 44.6 Å². The van der Waals surface area contributed by atoms with Gasteiger partial charge in [-0.25, -0.2) is 4.39 Å². The molecule has 0 heterocycles. The van der Waals surface area contributed by atoms with E-state index in [1.807, 2.05) is 6.92 Å². The number of aryl methyl sites for hydroxylation is 1. The molecular weight excluding hydrogens is 217 g/mol. The van der Waals surface area contributed by atoms with Gasteiger partial charge in [0.1, 0.15) is 5.82 Å². The molecule has 0 aromatic heterocycles. The zero-order valence-corrected chi connectivity index (χ0v) is 10.1. The van der Waals surface area contributed by atoms with E-state index < -0.39 is 5.54 Å².